The van der Waals surface area contributed by atoms with Crippen LogP contribution in [-0.4, -0.2) is 6.61 Å². The Morgan fingerprint density at radius 2 is 2.07 bits per heavy atom. The van der Waals surface area contributed by atoms with E-state index in [4.69, 9.17) is 4.74 Å². The van der Waals surface area contributed by atoms with Gasteiger partial charge < -0.3 is 4.74 Å². The Hall–Kier alpha value is -1.57. The highest BCUT2D eigenvalue weighted by molar-refractivity contribution is 5.88. The number of ether oxygens (including phenoxy) is 1. The molecule has 0 unspecified atom stereocenters. The first kappa shape index (κ1) is 9.97. The molecule has 0 aliphatic heterocycles. The van der Waals surface area contributed by atoms with Gasteiger partial charge in [-0.25, -0.2) is 4.39 Å². The Kier molecular flexibility index (Phi) is 2.86. The molecule has 2 heteroatoms. The fraction of sp³-hybridized carbons (Fsp3) is 0.231. The molecule has 0 radical (unpaired) electrons. The van der Waals surface area contributed by atoms with Gasteiger partial charge in [-0.1, -0.05) is 19.1 Å². The fourth-order valence-corrected chi connectivity index (χ4v) is 1.56. The summed E-state index contributed by atoms with van der Waals surface area (Å²) in [5, 5.41) is 1.84. The Morgan fingerprint density at radius 3 is 2.87 bits per heavy atom. The van der Waals surface area contributed by atoms with E-state index in [9.17, 15) is 4.39 Å². The molecule has 0 saturated heterocycles. The third kappa shape index (κ3) is 2.09. The summed E-state index contributed by atoms with van der Waals surface area (Å²) >= 11 is 0. The van der Waals surface area contributed by atoms with E-state index in [-0.39, 0.29) is 5.82 Å². The van der Waals surface area contributed by atoms with Gasteiger partial charge in [-0.05, 0) is 36.1 Å². The predicted molar refractivity (Wildman–Crippen MR) is 59.7 cm³/mol. The van der Waals surface area contributed by atoms with Gasteiger partial charge in [0, 0.05) is 5.39 Å². The molecular weight excluding hydrogens is 191 g/mol. The van der Waals surface area contributed by atoms with Crippen LogP contribution in [0.5, 0.6) is 5.75 Å². The SMILES string of the molecule is CCCOc1cccc2cc(F)ccc12. The topological polar surface area (TPSA) is 9.23 Å². The smallest absolute Gasteiger partial charge is 0.127 e. The molecule has 78 valence electrons. The minimum Gasteiger partial charge on any atom is -0.493 e. The van der Waals surface area contributed by atoms with E-state index in [1.165, 1.54) is 12.1 Å². The molecule has 0 aliphatic rings. The quantitative estimate of drug-likeness (QED) is 0.739. The van der Waals surface area contributed by atoms with Crippen molar-refractivity contribution in [1.82, 2.24) is 0 Å². The summed E-state index contributed by atoms with van der Waals surface area (Å²) in [6.07, 6.45) is 0.970. The zero-order valence-corrected chi connectivity index (χ0v) is 8.66. The molecule has 2 rings (SSSR count). The van der Waals surface area contributed by atoms with Crippen LogP contribution < -0.4 is 4.74 Å². The lowest BCUT2D eigenvalue weighted by Crippen LogP contribution is -1.95. The monoisotopic (exact) mass is 204 g/mol. The van der Waals surface area contributed by atoms with Crippen LogP contribution in [0.1, 0.15) is 13.3 Å². The second kappa shape index (κ2) is 4.30. The maximum Gasteiger partial charge on any atom is 0.127 e. The molecule has 0 bridgehead atoms. The summed E-state index contributed by atoms with van der Waals surface area (Å²) in [6, 6.07) is 10.4. The summed E-state index contributed by atoms with van der Waals surface area (Å²) in [7, 11) is 0. The maximum atomic E-state index is 13.0. The van der Waals surface area contributed by atoms with E-state index in [0.29, 0.717) is 6.61 Å². The van der Waals surface area contributed by atoms with E-state index in [2.05, 4.69) is 6.92 Å². The maximum absolute atomic E-state index is 13.0. The minimum atomic E-state index is -0.213. The van der Waals surface area contributed by atoms with Gasteiger partial charge in [0.15, 0.2) is 0 Å². The second-order valence-electron chi connectivity index (χ2n) is 3.47. The van der Waals surface area contributed by atoms with Crippen molar-refractivity contribution in [2.75, 3.05) is 6.61 Å². The highest BCUT2D eigenvalue weighted by atomic mass is 19.1. The van der Waals surface area contributed by atoms with Gasteiger partial charge in [0.25, 0.3) is 0 Å². The zero-order valence-electron chi connectivity index (χ0n) is 8.66. The van der Waals surface area contributed by atoms with E-state index in [0.717, 1.165) is 22.9 Å². The van der Waals surface area contributed by atoms with Gasteiger partial charge in [0.05, 0.1) is 6.61 Å². The van der Waals surface area contributed by atoms with Crippen molar-refractivity contribution < 1.29 is 9.13 Å². The van der Waals surface area contributed by atoms with E-state index < -0.39 is 0 Å². The molecular formula is C13H13FO. The van der Waals surface area contributed by atoms with Gasteiger partial charge in [0.2, 0.25) is 0 Å². The van der Waals surface area contributed by atoms with Crippen molar-refractivity contribution >= 4 is 10.8 Å². The average molecular weight is 204 g/mol. The van der Waals surface area contributed by atoms with Crippen molar-refractivity contribution in [2.24, 2.45) is 0 Å². The number of hydrogen-bond acceptors (Lipinski definition) is 1. The molecule has 2 aromatic carbocycles. The molecule has 0 N–H and O–H groups in total. The molecule has 0 amide bonds. The lowest BCUT2D eigenvalue weighted by molar-refractivity contribution is 0.321. The molecule has 0 heterocycles. The third-order valence-corrected chi connectivity index (χ3v) is 2.26. The first-order valence-electron chi connectivity index (χ1n) is 5.12. The van der Waals surface area contributed by atoms with Crippen LogP contribution in [0.3, 0.4) is 0 Å². The molecule has 0 saturated carbocycles. The average Bonchev–Trinajstić information content (AvgIpc) is 2.25. The standard InChI is InChI=1S/C13H13FO/c1-2-8-15-13-5-3-4-10-9-11(14)6-7-12(10)13/h3-7,9H,2,8H2,1H3. The molecule has 0 fully saturated rings. The lowest BCUT2D eigenvalue weighted by atomic mass is 10.1. The summed E-state index contributed by atoms with van der Waals surface area (Å²) in [5.74, 6) is 0.615. The number of halogens is 1. The van der Waals surface area contributed by atoms with Crippen LogP contribution in [0.25, 0.3) is 10.8 Å². The Morgan fingerprint density at radius 1 is 1.20 bits per heavy atom. The summed E-state index contributed by atoms with van der Waals surface area (Å²) in [4.78, 5) is 0. The number of hydrogen-bond donors (Lipinski definition) is 0. The van der Waals surface area contributed by atoms with Crippen molar-refractivity contribution in [3.8, 4) is 5.75 Å². The molecule has 0 spiro atoms. The van der Waals surface area contributed by atoms with Crippen LogP contribution in [-0.2, 0) is 0 Å². The van der Waals surface area contributed by atoms with Crippen LogP contribution in [0, 0.1) is 5.82 Å². The highest BCUT2D eigenvalue weighted by Crippen LogP contribution is 2.26. The summed E-state index contributed by atoms with van der Waals surface area (Å²) < 4.78 is 18.6. The van der Waals surface area contributed by atoms with Gasteiger partial charge in [-0.15, -0.1) is 0 Å². The largest absolute Gasteiger partial charge is 0.493 e. The van der Waals surface area contributed by atoms with Gasteiger partial charge in [-0.2, -0.15) is 0 Å². The van der Waals surface area contributed by atoms with Crippen molar-refractivity contribution in [1.29, 1.82) is 0 Å². The molecule has 15 heavy (non-hydrogen) atoms. The van der Waals surface area contributed by atoms with E-state index >= 15 is 0 Å². The molecule has 0 aromatic heterocycles. The van der Waals surface area contributed by atoms with Crippen LogP contribution >= 0.6 is 0 Å². The fourth-order valence-electron chi connectivity index (χ4n) is 1.56. The van der Waals surface area contributed by atoms with E-state index in [1.807, 2.05) is 18.2 Å². The molecule has 1 nitrogen and oxygen atoms in total. The Bertz CT molecular complexity index is 465. The Labute approximate surface area is 88.5 Å². The van der Waals surface area contributed by atoms with Crippen LogP contribution in [0.4, 0.5) is 4.39 Å². The normalized spacial score (nSPS) is 10.5. The minimum absolute atomic E-state index is 0.213. The zero-order chi connectivity index (χ0) is 10.7. The third-order valence-electron chi connectivity index (χ3n) is 2.26. The second-order valence-corrected chi connectivity index (χ2v) is 3.47. The molecule has 0 aliphatic carbocycles. The number of rotatable bonds is 3. The summed E-state index contributed by atoms with van der Waals surface area (Å²) in [6.45, 7) is 2.75. The van der Waals surface area contributed by atoms with Crippen molar-refractivity contribution in [3.05, 3.63) is 42.2 Å². The van der Waals surface area contributed by atoms with Gasteiger partial charge >= 0.3 is 0 Å². The summed E-state index contributed by atoms with van der Waals surface area (Å²) in [5.41, 5.74) is 0. The molecule has 2 aromatic rings. The van der Waals surface area contributed by atoms with Crippen molar-refractivity contribution in [3.63, 3.8) is 0 Å². The number of fused-ring (bicyclic) bond motifs is 1. The molecule has 0 atom stereocenters. The van der Waals surface area contributed by atoms with Crippen LogP contribution in [0.2, 0.25) is 0 Å². The van der Waals surface area contributed by atoms with Gasteiger partial charge in [-0.3, -0.25) is 0 Å². The number of benzene rings is 2. The first-order valence-corrected chi connectivity index (χ1v) is 5.12. The van der Waals surface area contributed by atoms with Crippen molar-refractivity contribution in [2.45, 2.75) is 13.3 Å². The lowest BCUT2D eigenvalue weighted by Gasteiger charge is -2.07. The first-order chi connectivity index (χ1) is 7.31. The predicted octanol–water partition coefficient (Wildman–Crippen LogP) is 3.77. The van der Waals surface area contributed by atoms with Gasteiger partial charge in [0.1, 0.15) is 11.6 Å². The van der Waals surface area contributed by atoms with Crippen LogP contribution in [0.15, 0.2) is 36.4 Å². The Balaban J connectivity index is 2.46. The highest BCUT2D eigenvalue weighted by Gasteiger charge is 2.02. The van der Waals surface area contributed by atoms with E-state index in [1.54, 1.807) is 6.07 Å².